The van der Waals surface area contributed by atoms with E-state index in [1.165, 1.54) is 0 Å². The third-order valence-corrected chi connectivity index (χ3v) is 3.05. The molecule has 1 aromatic carbocycles. The first-order chi connectivity index (χ1) is 11.1. The predicted molar refractivity (Wildman–Crippen MR) is 92.3 cm³/mol. The molecular formula is C19H23NO3. The molecule has 0 aromatic heterocycles. The largest absolute Gasteiger partial charge is 0.462 e. The summed E-state index contributed by atoms with van der Waals surface area (Å²) in [6, 6.07) is 5.32. The summed E-state index contributed by atoms with van der Waals surface area (Å²) in [5, 5.41) is 8.69. The highest BCUT2D eigenvalue weighted by Gasteiger charge is 2.10. The second kappa shape index (κ2) is 10.3. The molecule has 0 amide bonds. The molecule has 0 fully saturated rings. The Morgan fingerprint density at radius 1 is 1.26 bits per heavy atom. The molecule has 1 rings (SSSR count). The van der Waals surface area contributed by atoms with Gasteiger partial charge in [-0.2, -0.15) is 0 Å². The fourth-order valence-corrected chi connectivity index (χ4v) is 1.90. The van der Waals surface area contributed by atoms with Crippen molar-refractivity contribution in [3.05, 3.63) is 29.3 Å². The van der Waals surface area contributed by atoms with Gasteiger partial charge in [-0.15, -0.1) is 0 Å². The van der Waals surface area contributed by atoms with E-state index in [-0.39, 0.29) is 12.6 Å². The Labute approximate surface area is 138 Å². The lowest BCUT2D eigenvalue weighted by atomic mass is 10.1. The average Bonchev–Trinajstić information content (AvgIpc) is 2.54. The monoisotopic (exact) mass is 313 g/mol. The lowest BCUT2D eigenvalue weighted by molar-refractivity contribution is 0.0526. The number of ether oxygens (including phenoxy) is 1. The molecule has 1 aromatic rings. The van der Waals surface area contributed by atoms with Crippen molar-refractivity contribution in [1.29, 1.82) is 0 Å². The van der Waals surface area contributed by atoms with Crippen molar-refractivity contribution < 1.29 is 14.6 Å². The molecule has 0 unspecified atom stereocenters. The molecule has 4 heteroatoms. The van der Waals surface area contributed by atoms with Gasteiger partial charge in [0, 0.05) is 32.7 Å². The first-order valence-electron chi connectivity index (χ1n) is 7.68. The average molecular weight is 313 g/mol. The van der Waals surface area contributed by atoms with Crippen LogP contribution in [0, 0.1) is 23.7 Å². The highest BCUT2D eigenvalue weighted by molar-refractivity contribution is 5.90. The van der Waals surface area contributed by atoms with Crippen LogP contribution in [-0.4, -0.2) is 38.4 Å². The van der Waals surface area contributed by atoms with E-state index in [1.54, 1.807) is 19.1 Å². The summed E-state index contributed by atoms with van der Waals surface area (Å²) in [6.45, 7) is 2.31. The van der Waals surface area contributed by atoms with Gasteiger partial charge in [0.25, 0.3) is 0 Å². The quantitative estimate of drug-likeness (QED) is 0.498. The molecule has 0 aliphatic heterocycles. The fraction of sp³-hybridized carbons (Fsp3) is 0.421. The van der Waals surface area contributed by atoms with Crippen LogP contribution in [0.5, 0.6) is 0 Å². The molecule has 0 aliphatic rings. The molecule has 122 valence electrons. The molecule has 0 atom stereocenters. The number of benzene rings is 1. The van der Waals surface area contributed by atoms with Crippen molar-refractivity contribution in [3.63, 3.8) is 0 Å². The normalized spacial score (nSPS) is 9.22. The van der Waals surface area contributed by atoms with Gasteiger partial charge < -0.3 is 14.7 Å². The predicted octanol–water partition coefficient (Wildman–Crippen LogP) is 2.45. The summed E-state index contributed by atoms with van der Waals surface area (Å²) in [5.41, 5.74) is 2.15. The minimum absolute atomic E-state index is 0.195. The third-order valence-electron chi connectivity index (χ3n) is 3.05. The van der Waals surface area contributed by atoms with Gasteiger partial charge in [0.2, 0.25) is 0 Å². The molecule has 0 saturated carbocycles. The molecule has 0 radical (unpaired) electrons. The maximum atomic E-state index is 11.8. The van der Waals surface area contributed by atoms with Crippen LogP contribution in [0.3, 0.4) is 0 Å². The van der Waals surface area contributed by atoms with Gasteiger partial charge in [-0.1, -0.05) is 11.8 Å². The zero-order valence-corrected chi connectivity index (χ0v) is 14.0. The molecule has 0 aliphatic carbocycles. The van der Waals surface area contributed by atoms with E-state index < -0.39 is 0 Å². The van der Waals surface area contributed by atoms with Crippen molar-refractivity contribution >= 4 is 11.7 Å². The van der Waals surface area contributed by atoms with Crippen LogP contribution < -0.4 is 4.90 Å². The van der Waals surface area contributed by atoms with E-state index in [1.807, 2.05) is 25.1 Å². The van der Waals surface area contributed by atoms with Crippen molar-refractivity contribution in [2.45, 2.75) is 26.2 Å². The Hall–Kier alpha value is -2.43. The summed E-state index contributed by atoms with van der Waals surface area (Å²) in [4.78, 5) is 13.8. The zero-order chi connectivity index (χ0) is 17.1. The maximum Gasteiger partial charge on any atom is 0.338 e. The molecule has 0 saturated heterocycles. The lowest BCUT2D eigenvalue weighted by Crippen LogP contribution is -2.12. The van der Waals surface area contributed by atoms with Crippen LogP contribution in [0.1, 0.15) is 42.1 Å². The number of hydrogen-bond donors (Lipinski definition) is 1. The SMILES string of the molecule is CCOC(=O)c1ccc(N(C)C)c(C#CC#CCCCCO)c1. The molecular weight excluding hydrogens is 290 g/mol. The van der Waals surface area contributed by atoms with Crippen LogP contribution in [0.25, 0.3) is 0 Å². The summed E-state index contributed by atoms with van der Waals surface area (Å²) >= 11 is 0. The van der Waals surface area contributed by atoms with Crippen LogP contribution in [0.15, 0.2) is 18.2 Å². The maximum absolute atomic E-state index is 11.8. The summed E-state index contributed by atoms with van der Waals surface area (Å²) in [6.07, 6.45) is 2.35. The Bertz CT molecular complexity index is 642. The zero-order valence-electron chi connectivity index (χ0n) is 14.0. The van der Waals surface area contributed by atoms with Crippen LogP contribution in [0.2, 0.25) is 0 Å². The van der Waals surface area contributed by atoms with E-state index in [4.69, 9.17) is 9.84 Å². The van der Waals surface area contributed by atoms with E-state index in [0.717, 1.165) is 30.5 Å². The minimum atomic E-state index is -0.351. The fourth-order valence-electron chi connectivity index (χ4n) is 1.90. The number of aliphatic hydroxyl groups is 1. The smallest absolute Gasteiger partial charge is 0.338 e. The van der Waals surface area contributed by atoms with Crippen molar-refractivity contribution in [2.24, 2.45) is 0 Å². The number of esters is 1. The molecule has 0 bridgehead atoms. The van der Waals surface area contributed by atoms with Crippen molar-refractivity contribution in [2.75, 3.05) is 32.2 Å². The van der Waals surface area contributed by atoms with Crippen LogP contribution in [-0.2, 0) is 4.74 Å². The first-order valence-corrected chi connectivity index (χ1v) is 7.68. The van der Waals surface area contributed by atoms with E-state index in [9.17, 15) is 4.79 Å². The lowest BCUT2D eigenvalue weighted by Gasteiger charge is -2.15. The Morgan fingerprint density at radius 3 is 2.70 bits per heavy atom. The van der Waals surface area contributed by atoms with E-state index in [0.29, 0.717) is 12.2 Å². The van der Waals surface area contributed by atoms with Crippen LogP contribution in [0.4, 0.5) is 5.69 Å². The topological polar surface area (TPSA) is 49.8 Å². The second-order valence-corrected chi connectivity index (χ2v) is 5.08. The highest BCUT2D eigenvalue weighted by Crippen LogP contribution is 2.19. The number of hydrogen-bond acceptors (Lipinski definition) is 4. The Balaban J connectivity index is 2.94. The minimum Gasteiger partial charge on any atom is -0.462 e. The number of anilines is 1. The van der Waals surface area contributed by atoms with Gasteiger partial charge >= 0.3 is 5.97 Å². The Morgan fingerprint density at radius 2 is 2.04 bits per heavy atom. The number of aliphatic hydroxyl groups excluding tert-OH is 1. The standard InChI is InChI=1S/C19H23NO3/c1-4-23-19(22)17-12-13-18(20(2)3)16(15-17)11-9-7-5-6-8-10-14-21/h12-13,15,21H,4,6,8,10,14H2,1-3H3. The van der Waals surface area contributed by atoms with Crippen molar-refractivity contribution in [3.8, 4) is 23.7 Å². The van der Waals surface area contributed by atoms with Crippen molar-refractivity contribution in [1.82, 2.24) is 0 Å². The van der Waals surface area contributed by atoms with E-state index >= 15 is 0 Å². The number of rotatable bonds is 6. The highest BCUT2D eigenvalue weighted by atomic mass is 16.5. The van der Waals surface area contributed by atoms with Gasteiger partial charge in [-0.3, -0.25) is 0 Å². The van der Waals surface area contributed by atoms with Gasteiger partial charge in [0.1, 0.15) is 0 Å². The summed E-state index contributed by atoms with van der Waals surface area (Å²) in [5.74, 6) is 11.2. The van der Waals surface area contributed by atoms with Gasteiger partial charge in [-0.05, 0) is 49.8 Å². The molecule has 23 heavy (non-hydrogen) atoms. The van der Waals surface area contributed by atoms with E-state index in [2.05, 4.69) is 23.7 Å². The molecule has 4 nitrogen and oxygen atoms in total. The summed E-state index contributed by atoms with van der Waals surface area (Å²) in [7, 11) is 3.84. The van der Waals surface area contributed by atoms with Crippen LogP contribution >= 0.6 is 0 Å². The molecule has 0 spiro atoms. The summed E-state index contributed by atoms with van der Waals surface area (Å²) < 4.78 is 5.01. The molecule has 0 heterocycles. The number of carbonyl (C=O) groups excluding carboxylic acids is 1. The van der Waals surface area contributed by atoms with Gasteiger partial charge in [0.15, 0.2) is 0 Å². The molecule has 1 N–H and O–H groups in total. The van der Waals surface area contributed by atoms with Gasteiger partial charge in [-0.25, -0.2) is 4.79 Å². The van der Waals surface area contributed by atoms with Gasteiger partial charge in [0.05, 0.1) is 17.9 Å². The number of unbranched alkanes of at least 4 members (excludes halogenated alkanes) is 2. The third kappa shape index (κ3) is 6.46. The number of nitrogens with zero attached hydrogens (tertiary/aromatic N) is 1. The second-order valence-electron chi connectivity index (χ2n) is 5.08. The Kier molecular flexibility index (Phi) is 8.36. The first kappa shape index (κ1) is 18.6. The number of carbonyl (C=O) groups is 1.